The summed E-state index contributed by atoms with van der Waals surface area (Å²) >= 11 is 0. The van der Waals surface area contributed by atoms with Crippen LogP contribution in [0.2, 0.25) is 0 Å². The summed E-state index contributed by atoms with van der Waals surface area (Å²) in [6.45, 7) is 1.38. The SMILES string of the molecule is Cc1c(F)cccc1NC(=O)C(=O)NC(CCO)c1ccccc1. The van der Waals surface area contributed by atoms with Crippen LogP contribution in [-0.2, 0) is 9.59 Å². The minimum Gasteiger partial charge on any atom is -0.396 e. The van der Waals surface area contributed by atoms with Crippen molar-refractivity contribution in [3.63, 3.8) is 0 Å². The zero-order chi connectivity index (χ0) is 17.5. The smallest absolute Gasteiger partial charge is 0.313 e. The second-order valence-corrected chi connectivity index (χ2v) is 5.32. The molecule has 0 heterocycles. The molecule has 2 rings (SSSR count). The van der Waals surface area contributed by atoms with Gasteiger partial charge in [0.2, 0.25) is 0 Å². The number of carbonyl (C=O) groups is 2. The zero-order valence-corrected chi connectivity index (χ0v) is 13.3. The molecule has 5 nitrogen and oxygen atoms in total. The molecule has 2 aromatic carbocycles. The van der Waals surface area contributed by atoms with Crippen LogP contribution >= 0.6 is 0 Å². The van der Waals surface area contributed by atoms with Crippen molar-refractivity contribution in [3.8, 4) is 0 Å². The van der Waals surface area contributed by atoms with E-state index in [4.69, 9.17) is 5.11 Å². The quantitative estimate of drug-likeness (QED) is 0.736. The molecule has 0 radical (unpaired) electrons. The first kappa shape index (κ1) is 17.6. The molecule has 0 aliphatic heterocycles. The molecule has 3 N–H and O–H groups in total. The normalized spacial score (nSPS) is 11.6. The number of amides is 2. The first-order chi connectivity index (χ1) is 11.5. The maximum Gasteiger partial charge on any atom is 0.313 e. The van der Waals surface area contributed by atoms with Crippen LogP contribution in [0.3, 0.4) is 0 Å². The van der Waals surface area contributed by atoms with Crippen LogP contribution in [0.5, 0.6) is 0 Å². The van der Waals surface area contributed by atoms with Crippen molar-refractivity contribution in [2.75, 3.05) is 11.9 Å². The van der Waals surface area contributed by atoms with Crippen LogP contribution < -0.4 is 10.6 Å². The number of anilines is 1. The maximum atomic E-state index is 13.5. The Labute approximate surface area is 139 Å². The van der Waals surface area contributed by atoms with Crippen molar-refractivity contribution in [1.29, 1.82) is 0 Å². The van der Waals surface area contributed by atoms with E-state index < -0.39 is 23.7 Å². The highest BCUT2D eigenvalue weighted by Gasteiger charge is 2.20. The second kappa shape index (κ2) is 8.21. The van der Waals surface area contributed by atoms with E-state index in [-0.39, 0.29) is 24.3 Å². The maximum absolute atomic E-state index is 13.5. The molecule has 6 heteroatoms. The highest BCUT2D eigenvalue weighted by atomic mass is 19.1. The molecule has 126 valence electrons. The lowest BCUT2D eigenvalue weighted by molar-refractivity contribution is -0.136. The third kappa shape index (κ3) is 4.39. The van der Waals surface area contributed by atoms with E-state index in [1.807, 2.05) is 18.2 Å². The van der Waals surface area contributed by atoms with E-state index in [0.29, 0.717) is 0 Å². The molecule has 2 aromatic rings. The summed E-state index contributed by atoms with van der Waals surface area (Å²) in [6, 6.07) is 12.8. The Bertz CT molecular complexity index is 719. The Balaban J connectivity index is 2.06. The van der Waals surface area contributed by atoms with Crippen LogP contribution in [0.25, 0.3) is 0 Å². The summed E-state index contributed by atoms with van der Waals surface area (Å²) in [5, 5.41) is 14.1. The van der Waals surface area contributed by atoms with Crippen molar-refractivity contribution >= 4 is 17.5 Å². The molecule has 0 saturated heterocycles. The zero-order valence-electron chi connectivity index (χ0n) is 13.3. The molecule has 0 spiro atoms. The van der Waals surface area contributed by atoms with E-state index in [1.165, 1.54) is 25.1 Å². The predicted molar refractivity (Wildman–Crippen MR) is 88.8 cm³/mol. The Morgan fingerprint density at radius 1 is 1.08 bits per heavy atom. The first-order valence-electron chi connectivity index (χ1n) is 7.55. The molecule has 0 bridgehead atoms. The van der Waals surface area contributed by atoms with Gasteiger partial charge in [0.1, 0.15) is 5.82 Å². The molecule has 0 aliphatic carbocycles. The average molecular weight is 330 g/mol. The van der Waals surface area contributed by atoms with Crippen molar-refractivity contribution in [2.24, 2.45) is 0 Å². The number of aliphatic hydroxyl groups excluding tert-OH is 1. The molecule has 0 aromatic heterocycles. The number of hydrogen-bond donors (Lipinski definition) is 3. The predicted octanol–water partition coefficient (Wildman–Crippen LogP) is 2.31. The molecule has 2 amide bonds. The first-order valence-corrected chi connectivity index (χ1v) is 7.55. The van der Waals surface area contributed by atoms with Gasteiger partial charge in [0.15, 0.2) is 0 Å². The van der Waals surface area contributed by atoms with Gasteiger partial charge >= 0.3 is 11.8 Å². The topological polar surface area (TPSA) is 78.4 Å². The Morgan fingerprint density at radius 3 is 2.46 bits per heavy atom. The van der Waals surface area contributed by atoms with Gasteiger partial charge in [-0.3, -0.25) is 9.59 Å². The third-order valence-corrected chi connectivity index (χ3v) is 3.65. The van der Waals surface area contributed by atoms with E-state index >= 15 is 0 Å². The summed E-state index contributed by atoms with van der Waals surface area (Å²) in [6.07, 6.45) is 0.280. The van der Waals surface area contributed by atoms with Gasteiger partial charge in [0.05, 0.1) is 6.04 Å². The van der Waals surface area contributed by atoms with Crippen molar-refractivity contribution < 1.29 is 19.1 Å². The number of aliphatic hydroxyl groups is 1. The number of halogens is 1. The summed E-state index contributed by atoms with van der Waals surface area (Å²) in [5.74, 6) is -2.20. The second-order valence-electron chi connectivity index (χ2n) is 5.32. The number of rotatable bonds is 5. The fourth-order valence-corrected chi connectivity index (χ4v) is 2.28. The van der Waals surface area contributed by atoms with Gasteiger partial charge in [-0.2, -0.15) is 0 Å². The van der Waals surface area contributed by atoms with Crippen molar-refractivity contribution in [2.45, 2.75) is 19.4 Å². The van der Waals surface area contributed by atoms with Gasteiger partial charge in [-0.25, -0.2) is 4.39 Å². The Kier molecular flexibility index (Phi) is 6.03. The van der Waals surface area contributed by atoms with Gasteiger partial charge in [0.25, 0.3) is 0 Å². The van der Waals surface area contributed by atoms with Crippen molar-refractivity contribution in [3.05, 3.63) is 65.5 Å². The molecule has 1 unspecified atom stereocenters. The summed E-state index contributed by atoms with van der Waals surface area (Å²) < 4.78 is 13.5. The monoisotopic (exact) mass is 330 g/mol. The molecular formula is C18H19FN2O3. The fourth-order valence-electron chi connectivity index (χ4n) is 2.28. The van der Waals surface area contributed by atoms with Gasteiger partial charge in [-0.05, 0) is 31.0 Å². The van der Waals surface area contributed by atoms with Crippen LogP contribution in [0.15, 0.2) is 48.5 Å². The minimum absolute atomic E-state index is 0.134. The lowest BCUT2D eigenvalue weighted by Crippen LogP contribution is -2.38. The van der Waals surface area contributed by atoms with E-state index in [2.05, 4.69) is 10.6 Å². The molecule has 24 heavy (non-hydrogen) atoms. The third-order valence-electron chi connectivity index (χ3n) is 3.65. The van der Waals surface area contributed by atoms with E-state index in [9.17, 15) is 14.0 Å². The number of benzene rings is 2. The summed E-state index contributed by atoms with van der Waals surface area (Å²) in [4.78, 5) is 24.1. The number of carbonyl (C=O) groups excluding carboxylic acids is 2. The highest BCUT2D eigenvalue weighted by molar-refractivity contribution is 6.39. The summed E-state index contributed by atoms with van der Waals surface area (Å²) in [5.41, 5.74) is 1.29. The van der Waals surface area contributed by atoms with Crippen LogP contribution in [0.4, 0.5) is 10.1 Å². The lowest BCUT2D eigenvalue weighted by Gasteiger charge is -2.18. The molecule has 0 aliphatic rings. The lowest BCUT2D eigenvalue weighted by atomic mass is 10.0. The van der Waals surface area contributed by atoms with Crippen LogP contribution in [0, 0.1) is 12.7 Å². The van der Waals surface area contributed by atoms with Crippen LogP contribution in [-0.4, -0.2) is 23.5 Å². The standard InChI is InChI=1S/C18H19FN2O3/c1-12-14(19)8-5-9-15(12)20-17(23)18(24)21-16(10-11-22)13-6-3-2-4-7-13/h2-9,16,22H,10-11H2,1H3,(H,20,23)(H,21,24). The Morgan fingerprint density at radius 2 is 1.79 bits per heavy atom. The van der Waals surface area contributed by atoms with Crippen LogP contribution in [0.1, 0.15) is 23.6 Å². The molecule has 0 saturated carbocycles. The number of hydrogen-bond acceptors (Lipinski definition) is 3. The van der Waals surface area contributed by atoms with Crippen molar-refractivity contribution in [1.82, 2.24) is 5.32 Å². The number of nitrogens with one attached hydrogen (secondary N) is 2. The summed E-state index contributed by atoms with van der Waals surface area (Å²) in [7, 11) is 0. The van der Waals surface area contributed by atoms with Gasteiger partial charge in [0, 0.05) is 17.9 Å². The van der Waals surface area contributed by atoms with E-state index in [1.54, 1.807) is 12.1 Å². The minimum atomic E-state index is -0.887. The van der Waals surface area contributed by atoms with Gasteiger partial charge < -0.3 is 15.7 Å². The largest absolute Gasteiger partial charge is 0.396 e. The highest BCUT2D eigenvalue weighted by Crippen LogP contribution is 2.18. The fraction of sp³-hybridized carbons (Fsp3) is 0.222. The Hall–Kier alpha value is -2.73. The van der Waals surface area contributed by atoms with Gasteiger partial charge in [-0.15, -0.1) is 0 Å². The molecular weight excluding hydrogens is 311 g/mol. The molecule has 1 atom stereocenters. The average Bonchev–Trinajstić information content (AvgIpc) is 2.59. The molecule has 0 fully saturated rings. The van der Waals surface area contributed by atoms with Gasteiger partial charge in [-0.1, -0.05) is 36.4 Å². The van der Waals surface area contributed by atoms with E-state index in [0.717, 1.165) is 5.56 Å².